The molecule has 332 valence electrons. The second-order valence-electron chi connectivity index (χ2n) is 15.8. The Bertz CT molecular complexity index is 1840. The Morgan fingerprint density at radius 2 is 1.48 bits per heavy atom. The number of rotatable bonds is 24. The summed E-state index contributed by atoms with van der Waals surface area (Å²) >= 11 is 0. The van der Waals surface area contributed by atoms with Gasteiger partial charge in [-0.25, -0.2) is 4.79 Å². The van der Waals surface area contributed by atoms with E-state index in [4.69, 9.17) is 28.7 Å². The number of guanidine groups is 2. The summed E-state index contributed by atoms with van der Waals surface area (Å²) in [5, 5.41) is 21.7. The van der Waals surface area contributed by atoms with E-state index in [0.29, 0.717) is 25.7 Å². The third kappa shape index (κ3) is 14.7. The summed E-state index contributed by atoms with van der Waals surface area (Å²) in [5.74, 6) is -4.84. The highest BCUT2D eigenvalue weighted by atomic mass is 16.4. The van der Waals surface area contributed by atoms with Crippen molar-refractivity contribution in [2.24, 2.45) is 50.5 Å². The maximum absolute atomic E-state index is 14.3. The van der Waals surface area contributed by atoms with E-state index < -0.39 is 77.7 Å². The van der Waals surface area contributed by atoms with Crippen LogP contribution in [0.15, 0.2) is 40.4 Å². The molecule has 1 saturated heterocycles. The average molecular weight is 840 g/mol. The first-order chi connectivity index (χ1) is 28.4. The van der Waals surface area contributed by atoms with Crippen LogP contribution in [0.2, 0.25) is 0 Å². The van der Waals surface area contributed by atoms with Gasteiger partial charge in [0.1, 0.15) is 30.2 Å². The molecule has 16 N–H and O–H groups in total. The molecule has 7 atom stereocenters. The standard InChI is InChI=1S/C40H65N13O7/c1-5-23(4)32(36(57)51-30(38(59)60)19-22(2)3)52-34(55)29(20-24-21-48-27-13-7-6-11-25(24)27)50-35(56)31-15-10-18-53(31)37(58)28(14-9-17-47-40(44)45)49-33(54)26(41)12-8-16-46-39(42)43/h6-7,11,13,21-23,26,28-32,48H,5,8-10,12,14-20,41H2,1-4H3,(H,49,54)(H,50,56)(H,51,57)(H,52,55)(H,59,60)(H4,42,43,46)(H4,44,45,47)/t23-,26-,28-,29+,30-,31-,32-/m0/s1. The van der Waals surface area contributed by atoms with Crippen molar-refractivity contribution in [3.63, 3.8) is 0 Å². The number of carboxylic acid groups (broad SMARTS) is 1. The molecule has 1 aliphatic heterocycles. The van der Waals surface area contributed by atoms with Gasteiger partial charge >= 0.3 is 5.97 Å². The predicted octanol–water partition coefficient (Wildman–Crippen LogP) is -0.748. The zero-order chi connectivity index (χ0) is 44.5. The Labute approximate surface area is 350 Å². The molecule has 0 spiro atoms. The van der Waals surface area contributed by atoms with Gasteiger partial charge in [-0.15, -0.1) is 0 Å². The van der Waals surface area contributed by atoms with E-state index in [1.165, 1.54) is 4.90 Å². The van der Waals surface area contributed by atoms with Crippen molar-refractivity contribution in [1.29, 1.82) is 0 Å². The Balaban J connectivity index is 1.89. The van der Waals surface area contributed by atoms with Crippen LogP contribution in [0.4, 0.5) is 0 Å². The molecule has 1 aliphatic rings. The Hall–Kier alpha value is -5.92. The van der Waals surface area contributed by atoms with E-state index in [1.54, 1.807) is 13.1 Å². The molecular formula is C40H65N13O7. The summed E-state index contributed by atoms with van der Waals surface area (Å²) in [6.45, 7) is 7.95. The lowest BCUT2D eigenvalue weighted by molar-refractivity contribution is -0.143. The summed E-state index contributed by atoms with van der Waals surface area (Å²) in [6, 6.07) is 0.913. The number of amides is 5. The number of para-hydroxylation sites is 1. The third-order valence-corrected chi connectivity index (χ3v) is 10.5. The number of likely N-dealkylation sites (tertiary alicyclic amines) is 1. The summed E-state index contributed by atoms with van der Waals surface area (Å²) < 4.78 is 0. The smallest absolute Gasteiger partial charge is 0.326 e. The molecule has 0 bridgehead atoms. The van der Waals surface area contributed by atoms with Crippen molar-refractivity contribution in [2.45, 2.75) is 122 Å². The fourth-order valence-corrected chi connectivity index (χ4v) is 7.10. The first kappa shape index (κ1) is 48.4. The quantitative estimate of drug-likeness (QED) is 0.0354. The van der Waals surface area contributed by atoms with Crippen LogP contribution in [0.5, 0.6) is 0 Å². The number of nitrogens with zero attached hydrogens (tertiary/aromatic N) is 3. The molecule has 1 aromatic heterocycles. The topological polar surface area (TPSA) is 345 Å². The molecule has 20 heteroatoms. The molecule has 2 heterocycles. The Morgan fingerprint density at radius 1 is 0.850 bits per heavy atom. The Kier molecular flexibility index (Phi) is 19.1. The van der Waals surface area contributed by atoms with Gasteiger partial charge in [0.25, 0.3) is 0 Å². The largest absolute Gasteiger partial charge is 0.480 e. The number of carboxylic acids is 1. The number of nitrogens with two attached hydrogens (primary N) is 5. The van der Waals surface area contributed by atoms with E-state index in [0.717, 1.165) is 16.5 Å². The summed E-state index contributed by atoms with van der Waals surface area (Å²) in [6.07, 6.45) is 4.29. The molecule has 1 aromatic carbocycles. The number of hydrogen-bond donors (Lipinski definition) is 11. The maximum atomic E-state index is 14.3. The number of hydrogen-bond acceptors (Lipinski definition) is 9. The third-order valence-electron chi connectivity index (χ3n) is 10.5. The van der Waals surface area contributed by atoms with Crippen molar-refractivity contribution >= 4 is 58.3 Å². The van der Waals surface area contributed by atoms with E-state index in [1.807, 2.05) is 45.0 Å². The summed E-state index contributed by atoms with van der Waals surface area (Å²) in [4.78, 5) is 94.1. The molecule has 0 radical (unpaired) electrons. The molecule has 20 nitrogen and oxygen atoms in total. The highest BCUT2D eigenvalue weighted by Gasteiger charge is 2.40. The molecule has 0 aliphatic carbocycles. The number of aromatic amines is 1. The fraction of sp³-hybridized carbons (Fsp3) is 0.600. The van der Waals surface area contributed by atoms with Crippen LogP contribution in [0.25, 0.3) is 10.9 Å². The first-order valence-electron chi connectivity index (χ1n) is 20.6. The van der Waals surface area contributed by atoms with Crippen LogP contribution in [-0.4, -0.2) is 118 Å². The first-order valence-corrected chi connectivity index (χ1v) is 20.6. The van der Waals surface area contributed by atoms with Crippen LogP contribution in [0, 0.1) is 11.8 Å². The van der Waals surface area contributed by atoms with Gasteiger partial charge in [0.2, 0.25) is 29.5 Å². The molecule has 60 heavy (non-hydrogen) atoms. The number of aromatic nitrogens is 1. The number of nitrogens with one attached hydrogen (secondary N) is 5. The summed E-state index contributed by atoms with van der Waals surface area (Å²) in [5.41, 5.74) is 29.4. The van der Waals surface area contributed by atoms with Gasteiger partial charge in [0.05, 0.1) is 6.04 Å². The van der Waals surface area contributed by atoms with Crippen LogP contribution in [0.1, 0.15) is 84.6 Å². The molecule has 2 aromatic rings. The van der Waals surface area contributed by atoms with Gasteiger partial charge in [-0.3, -0.25) is 34.0 Å². The molecule has 1 fully saturated rings. The number of carbonyl (C=O) groups excluding carboxylic acids is 5. The number of carbonyl (C=O) groups is 6. The molecule has 5 amide bonds. The maximum Gasteiger partial charge on any atom is 0.326 e. The molecule has 0 saturated carbocycles. The summed E-state index contributed by atoms with van der Waals surface area (Å²) in [7, 11) is 0. The zero-order valence-corrected chi connectivity index (χ0v) is 35.1. The van der Waals surface area contributed by atoms with Crippen LogP contribution >= 0.6 is 0 Å². The van der Waals surface area contributed by atoms with Gasteiger partial charge in [0, 0.05) is 43.2 Å². The minimum absolute atomic E-state index is 0.0206. The van der Waals surface area contributed by atoms with E-state index in [2.05, 4.69) is 36.2 Å². The van der Waals surface area contributed by atoms with Crippen molar-refractivity contribution < 1.29 is 33.9 Å². The minimum Gasteiger partial charge on any atom is -0.480 e. The second-order valence-corrected chi connectivity index (χ2v) is 15.8. The van der Waals surface area contributed by atoms with Crippen molar-refractivity contribution in [2.75, 3.05) is 19.6 Å². The number of benzene rings is 1. The van der Waals surface area contributed by atoms with Gasteiger partial charge in [-0.1, -0.05) is 52.3 Å². The highest BCUT2D eigenvalue weighted by Crippen LogP contribution is 2.23. The lowest BCUT2D eigenvalue weighted by Crippen LogP contribution is -2.60. The Morgan fingerprint density at radius 3 is 2.10 bits per heavy atom. The lowest BCUT2D eigenvalue weighted by atomic mass is 9.96. The normalized spacial score (nSPS) is 16.8. The minimum atomic E-state index is -1.22. The van der Waals surface area contributed by atoms with Crippen molar-refractivity contribution in [1.82, 2.24) is 31.2 Å². The van der Waals surface area contributed by atoms with Gasteiger partial charge in [-0.2, -0.15) is 0 Å². The average Bonchev–Trinajstić information content (AvgIpc) is 3.86. The predicted molar refractivity (Wildman–Crippen MR) is 229 cm³/mol. The number of H-pyrrole nitrogens is 1. The van der Waals surface area contributed by atoms with Crippen molar-refractivity contribution in [3.8, 4) is 0 Å². The van der Waals surface area contributed by atoms with Crippen LogP contribution in [0.3, 0.4) is 0 Å². The number of aliphatic carboxylic acids is 1. The van der Waals surface area contributed by atoms with Crippen molar-refractivity contribution in [3.05, 3.63) is 36.0 Å². The second kappa shape index (κ2) is 23.6. The van der Waals surface area contributed by atoms with Crippen LogP contribution in [-0.2, 0) is 35.2 Å². The van der Waals surface area contributed by atoms with Gasteiger partial charge < -0.3 is 64.9 Å². The lowest BCUT2D eigenvalue weighted by Gasteiger charge is -2.31. The van der Waals surface area contributed by atoms with Gasteiger partial charge in [-0.05, 0) is 68.4 Å². The SMILES string of the molecule is CC[C@H](C)[C@H](NC(=O)[C@@H](Cc1c[nH]c2ccccc12)NC(=O)[C@@H]1CCCN1C(=O)[C@H](CCCN=C(N)N)NC(=O)[C@@H](N)CCCN=C(N)N)C(=O)N[C@@H](CC(C)C)C(=O)O. The molecule has 0 unspecified atom stereocenters. The number of fused-ring (bicyclic) bond motifs is 1. The van der Waals surface area contributed by atoms with Crippen LogP contribution < -0.4 is 49.9 Å². The fourth-order valence-electron chi connectivity index (χ4n) is 7.10. The zero-order valence-electron chi connectivity index (χ0n) is 35.1. The van der Waals surface area contributed by atoms with E-state index >= 15 is 0 Å². The molecular weight excluding hydrogens is 775 g/mol. The van der Waals surface area contributed by atoms with E-state index in [-0.39, 0.29) is 69.6 Å². The van der Waals surface area contributed by atoms with E-state index in [9.17, 15) is 33.9 Å². The molecule has 3 rings (SSSR count). The number of aliphatic imine (C=N–C) groups is 2. The highest BCUT2D eigenvalue weighted by molar-refractivity contribution is 5.97. The van der Waals surface area contributed by atoms with Gasteiger partial charge in [0.15, 0.2) is 11.9 Å². The monoisotopic (exact) mass is 840 g/mol.